The van der Waals surface area contributed by atoms with Crippen LogP contribution in [0.3, 0.4) is 0 Å². The van der Waals surface area contributed by atoms with Crippen molar-refractivity contribution >= 4 is 33.3 Å². The first-order valence-electron chi connectivity index (χ1n) is 7.61. The van der Waals surface area contributed by atoms with E-state index in [-0.39, 0.29) is 4.90 Å². The minimum absolute atomic E-state index is 0.178. The summed E-state index contributed by atoms with van der Waals surface area (Å²) >= 11 is 0. The number of benzene rings is 2. The fraction of sp³-hybridized carbons (Fsp3) is 0.111. The quantitative estimate of drug-likeness (QED) is 0.882. The van der Waals surface area contributed by atoms with Gasteiger partial charge in [0, 0.05) is 16.8 Å². The van der Waals surface area contributed by atoms with Crippen molar-refractivity contribution in [2.75, 3.05) is 10.6 Å². The molecule has 2 aromatic carbocycles. The second kappa shape index (κ2) is 6.42. The molecular weight excluding hydrogens is 338 g/mol. The summed E-state index contributed by atoms with van der Waals surface area (Å²) in [6.45, 7) is 1.93. The molecule has 1 aliphatic heterocycles. The molecule has 126 valence electrons. The van der Waals surface area contributed by atoms with Crippen molar-refractivity contribution in [2.45, 2.75) is 18.2 Å². The van der Waals surface area contributed by atoms with Gasteiger partial charge in [0.25, 0.3) is 0 Å². The van der Waals surface area contributed by atoms with E-state index in [1.165, 1.54) is 12.1 Å². The van der Waals surface area contributed by atoms with Crippen molar-refractivity contribution < 1.29 is 13.2 Å². The van der Waals surface area contributed by atoms with Gasteiger partial charge >= 0.3 is 6.03 Å². The van der Waals surface area contributed by atoms with Gasteiger partial charge in [-0.05, 0) is 54.0 Å². The fourth-order valence-electron chi connectivity index (χ4n) is 2.60. The van der Waals surface area contributed by atoms with Crippen LogP contribution in [0.1, 0.15) is 23.6 Å². The molecule has 0 saturated heterocycles. The molecule has 2 N–H and O–H groups in total. The molecular formula is C18H15N3O3S. The first-order valence-corrected chi connectivity index (χ1v) is 9.16. The van der Waals surface area contributed by atoms with E-state index < -0.39 is 15.9 Å². The Morgan fingerprint density at radius 2 is 1.80 bits per heavy atom. The lowest BCUT2D eigenvalue weighted by molar-refractivity contribution is 0.262. The maximum atomic E-state index is 12.1. The zero-order valence-corrected chi connectivity index (χ0v) is 14.2. The number of hydrogen-bond acceptors (Lipinski definition) is 4. The van der Waals surface area contributed by atoms with Gasteiger partial charge in [-0.15, -0.1) is 0 Å². The second-order valence-electron chi connectivity index (χ2n) is 5.52. The van der Waals surface area contributed by atoms with Crippen LogP contribution in [0.2, 0.25) is 0 Å². The maximum Gasteiger partial charge on any atom is 0.323 e. The summed E-state index contributed by atoms with van der Waals surface area (Å²) in [5, 5.41) is 15.5. The summed E-state index contributed by atoms with van der Waals surface area (Å²) in [6.07, 6.45) is 2.20. The molecule has 0 spiro atoms. The predicted octanol–water partition coefficient (Wildman–Crippen LogP) is 3.52. The lowest BCUT2D eigenvalue weighted by atomic mass is 10.1. The summed E-state index contributed by atoms with van der Waals surface area (Å²) in [7, 11) is -3.42. The number of fused-ring (bicyclic) bond motifs is 1. The normalized spacial score (nSPS) is 13.8. The Kier molecular flexibility index (Phi) is 4.30. The van der Waals surface area contributed by atoms with Gasteiger partial charge in [-0.3, -0.25) is 0 Å². The van der Waals surface area contributed by atoms with Crippen molar-refractivity contribution in [3.63, 3.8) is 0 Å². The Balaban J connectivity index is 1.75. The van der Waals surface area contributed by atoms with E-state index in [1.54, 1.807) is 30.3 Å². The number of sulfone groups is 1. The number of urea groups is 1. The smallest absolute Gasteiger partial charge is 0.308 e. The van der Waals surface area contributed by atoms with Gasteiger partial charge in [0.15, 0.2) is 0 Å². The number of carbonyl (C=O) groups is 1. The number of anilines is 2. The number of hydrogen-bond donors (Lipinski definition) is 2. The molecule has 0 bridgehead atoms. The van der Waals surface area contributed by atoms with Gasteiger partial charge in [0.1, 0.15) is 0 Å². The van der Waals surface area contributed by atoms with E-state index in [9.17, 15) is 13.2 Å². The molecule has 0 radical (unpaired) electrons. The number of nitriles is 1. The van der Waals surface area contributed by atoms with Crippen LogP contribution >= 0.6 is 0 Å². The van der Waals surface area contributed by atoms with Gasteiger partial charge < -0.3 is 10.6 Å². The van der Waals surface area contributed by atoms with Gasteiger partial charge in [-0.2, -0.15) is 5.26 Å². The summed E-state index contributed by atoms with van der Waals surface area (Å²) in [5.74, 6) is 0. The second-order valence-corrected chi connectivity index (χ2v) is 7.32. The van der Waals surface area contributed by atoms with E-state index in [0.717, 1.165) is 11.0 Å². The molecule has 0 aromatic heterocycles. The number of amides is 2. The number of nitrogens with zero attached hydrogens (tertiary/aromatic N) is 1. The van der Waals surface area contributed by atoms with E-state index in [1.807, 2.05) is 6.92 Å². The van der Waals surface area contributed by atoms with Crippen LogP contribution in [0.4, 0.5) is 16.2 Å². The van der Waals surface area contributed by atoms with E-state index in [2.05, 4.69) is 16.7 Å². The standard InChI is InChI=1S/C18H15N3O3S/c1-2-12-9-15(6-4-14(12)11-19)20-18(22)21-16-5-3-13-7-8-25(23,24)17(13)10-16/h3-10H,2H2,1H3,(H2,20,21,22). The fourth-order valence-corrected chi connectivity index (χ4v) is 3.83. The summed E-state index contributed by atoms with van der Waals surface area (Å²) < 4.78 is 23.7. The van der Waals surface area contributed by atoms with Gasteiger partial charge in [0.05, 0.1) is 16.5 Å². The van der Waals surface area contributed by atoms with E-state index >= 15 is 0 Å². The van der Waals surface area contributed by atoms with E-state index in [4.69, 9.17) is 5.26 Å². The van der Waals surface area contributed by atoms with Crippen LogP contribution in [0, 0.1) is 11.3 Å². The molecule has 0 saturated carbocycles. The molecule has 0 aliphatic carbocycles. The van der Waals surface area contributed by atoms with Gasteiger partial charge in [-0.1, -0.05) is 13.0 Å². The topological polar surface area (TPSA) is 99.1 Å². The van der Waals surface area contributed by atoms with E-state index in [0.29, 0.717) is 28.9 Å². The third kappa shape index (κ3) is 3.39. The largest absolute Gasteiger partial charge is 0.323 e. The molecule has 2 amide bonds. The number of rotatable bonds is 3. The Labute approximate surface area is 145 Å². The molecule has 0 atom stereocenters. The zero-order valence-electron chi connectivity index (χ0n) is 13.4. The molecule has 0 unspecified atom stereocenters. The van der Waals surface area contributed by atoms with Crippen molar-refractivity contribution in [1.82, 2.24) is 0 Å². The Hall–Kier alpha value is -3.11. The van der Waals surface area contributed by atoms with Crippen LogP contribution < -0.4 is 10.6 Å². The zero-order chi connectivity index (χ0) is 18.0. The Morgan fingerprint density at radius 1 is 1.12 bits per heavy atom. The van der Waals surface area contributed by atoms with Crippen LogP contribution in [0.15, 0.2) is 46.7 Å². The number of aryl methyl sites for hydroxylation is 1. The Bertz CT molecular complexity index is 1030. The maximum absolute atomic E-state index is 12.1. The summed E-state index contributed by atoms with van der Waals surface area (Å²) in [5.41, 5.74) is 2.96. The minimum atomic E-state index is -3.42. The highest BCUT2D eigenvalue weighted by Crippen LogP contribution is 2.29. The highest BCUT2D eigenvalue weighted by molar-refractivity contribution is 7.94. The SMILES string of the molecule is CCc1cc(NC(=O)Nc2ccc3c(c2)S(=O)(=O)C=C3)ccc1C#N. The third-order valence-corrected chi connectivity index (χ3v) is 5.33. The number of carbonyl (C=O) groups excluding carboxylic acids is 1. The van der Waals surface area contributed by atoms with Crippen molar-refractivity contribution in [3.05, 3.63) is 58.5 Å². The molecule has 1 aliphatic rings. The predicted molar refractivity (Wildman–Crippen MR) is 95.8 cm³/mol. The summed E-state index contributed by atoms with van der Waals surface area (Å²) in [4.78, 5) is 12.3. The minimum Gasteiger partial charge on any atom is -0.308 e. The van der Waals surface area contributed by atoms with Crippen LogP contribution in [-0.4, -0.2) is 14.4 Å². The molecule has 7 heteroatoms. The first-order chi connectivity index (χ1) is 11.9. The molecule has 2 aromatic rings. The average Bonchev–Trinajstić information content (AvgIpc) is 2.89. The monoisotopic (exact) mass is 353 g/mol. The van der Waals surface area contributed by atoms with Crippen LogP contribution in [-0.2, 0) is 16.3 Å². The summed E-state index contributed by atoms with van der Waals surface area (Å²) in [6, 6.07) is 11.4. The van der Waals surface area contributed by atoms with Crippen molar-refractivity contribution in [1.29, 1.82) is 5.26 Å². The lowest BCUT2D eigenvalue weighted by Gasteiger charge is -2.10. The molecule has 3 rings (SSSR count). The number of nitrogens with one attached hydrogen (secondary N) is 2. The van der Waals surface area contributed by atoms with Crippen LogP contribution in [0.25, 0.3) is 6.08 Å². The molecule has 1 heterocycles. The van der Waals surface area contributed by atoms with Gasteiger partial charge in [0.2, 0.25) is 9.84 Å². The molecule has 25 heavy (non-hydrogen) atoms. The van der Waals surface area contributed by atoms with Gasteiger partial charge in [-0.25, -0.2) is 13.2 Å². The highest BCUT2D eigenvalue weighted by atomic mass is 32.2. The van der Waals surface area contributed by atoms with Crippen molar-refractivity contribution in [3.8, 4) is 6.07 Å². The lowest BCUT2D eigenvalue weighted by Crippen LogP contribution is -2.19. The average molecular weight is 353 g/mol. The van der Waals surface area contributed by atoms with Crippen molar-refractivity contribution in [2.24, 2.45) is 0 Å². The van der Waals surface area contributed by atoms with Crippen LogP contribution in [0.5, 0.6) is 0 Å². The third-order valence-electron chi connectivity index (χ3n) is 3.87. The highest BCUT2D eigenvalue weighted by Gasteiger charge is 2.21. The Morgan fingerprint density at radius 3 is 2.48 bits per heavy atom. The molecule has 0 fully saturated rings. The molecule has 6 nitrogen and oxygen atoms in total. The first kappa shape index (κ1) is 16.7.